The number of ether oxygens (including phenoxy) is 1. The number of guanidine groups is 1. The molecule has 1 fully saturated rings. The zero-order valence-electron chi connectivity index (χ0n) is 15.6. The van der Waals surface area contributed by atoms with Crippen LogP contribution in [-0.2, 0) is 14.8 Å². The predicted octanol–water partition coefficient (Wildman–Crippen LogP) is 0.982. The van der Waals surface area contributed by atoms with Crippen LogP contribution in [0.2, 0.25) is 0 Å². The summed E-state index contributed by atoms with van der Waals surface area (Å²) in [5.41, 5.74) is 0. The molecular formula is C16H34N4O3S. The highest BCUT2D eigenvalue weighted by molar-refractivity contribution is 7.89. The summed E-state index contributed by atoms with van der Waals surface area (Å²) < 4.78 is 30.2. The van der Waals surface area contributed by atoms with Crippen LogP contribution in [0.5, 0.6) is 0 Å². The molecule has 142 valence electrons. The second-order valence-electron chi connectivity index (χ2n) is 6.32. The van der Waals surface area contributed by atoms with Crippen molar-refractivity contribution in [1.29, 1.82) is 0 Å². The van der Waals surface area contributed by atoms with Crippen molar-refractivity contribution < 1.29 is 13.2 Å². The number of nitrogens with one attached hydrogen (secondary N) is 1. The van der Waals surface area contributed by atoms with Gasteiger partial charge >= 0.3 is 0 Å². The van der Waals surface area contributed by atoms with Crippen LogP contribution in [0.4, 0.5) is 0 Å². The Kier molecular flexibility index (Phi) is 9.61. The van der Waals surface area contributed by atoms with Gasteiger partial charge in [0, 0.05) is 54.0 Å². The largest absolute Gasteiger partial charge is 0.381 e. The van der Waals surface area contributed by atoms with E-state index in [9.17, 15) is 8.42 Å². The molecule has 7 nitrogen and oxygen atoms in total. The van der Waals surface area contributed by atoms with Gasteiger partial charge in [0.2, 0.25) is 10.0 Å². The summed E-state index contributed by atoms with van der Waals surface area (Å²) in [5.74, 6) is 1.75. The molecule has 0 radical (unpaired) electrons. The minimum absolute atomic E-state index is 0.146. The first kappa shape index (κ1) is 21.2. The molecule has 0 unspecified atom stereocenters. The molecule has 1 N–H and O–H groups in total. The van der Waals surface area contributed by atoms with Crippen molar-refractivity contribution in [3.05, 3.63) is 0 Å². The number of hydrogen-bond acceptors (Lipinski definition) is 4. The van der Waals surface area contributed by atoms with Crippen molar-refractivity contribution >= 4 is 16.0 Å². The van der Waals surface area contributed by atoms with Gasteiger partial charge in [0.15, 0.2) is 5.96 Å². The quantitative estimate of drug-likeness (QED) is 0.376. The van der Waals surface area contributed by atoms with Crippen LogP contribution < -0.4 is 5.32 Å². The fourth-order valence-corrected chi connectivity index (χ4v) is 3.61. The Labute approximate surface area is 147 Å². The van der Waals surface area contributed by atoms with Gasteiger partial charge in [-0.2, -0.15) is 0 Å². The minimum atomic E-state index is -3.09. The topological polar surface area (TPSA) is 74.2 Å². The van der Waals surface area contributed by atoms with E-state index in [0.717, 1.165) is 57.3 Å². The maximum absolute atomic E-state index is 11.7. The van der Waals surface area contributed by atoms with E-state index in [4.69, 9.17) is 4.74 Å². The first-order valence-corrected chi connectivity index (χ1v) is 10.4. The summed E-state index contributed by atoms with van der Waals surface area (Å²) in [6.45, 7) is 5.63. The van der Waals surface area contributed by atoms with Crippen LogP contribution >= 0.6 is 0 Å². The van der Waals surface area contributed by atoms with Gasteiger partial charge in [0.05, 0.1) is 5.75 Å². The van der Waals surface area contributed by atoms with Gasteiger partial charge < -0.3 is 15.0 Å². The van der Waals surface area contributed by atoms with Crippen molar-refractivity contribution in [2.24, 2.45) is 10.9 Å². The third-order valence-corrected chi connectivity index (χ3v) is 6.42. The number of aliphatic imine (C=N–C) groups is 1. The van der Waals surface area contributed by atoms with Gasteiger partial charge in [-0.1, -0.05) is 0 Å². The van der Waals surface area contributed by atoms with E-state index in [1.165, 1.54) is 4.31 Å². The summed E-state index contributed by atoms with van der Waals surface area (Å²) in [7, 11) is 2.37. The summed E-state index contributed by atoms with van der Waals surface area (Å²) >= 11 is 0. The van der Waals surface area contributed by atoms with Crippen molar-refractivity contribution in [3.63, 3.8) is 0 Å². The van der Waals surface area contributed by atoms with Crippen molar-refractivity contribution in [1.82, 2.24) is 14.5 Å². The van der Waals surface area contributed by atoms with Gasteiger partial charge in [0.25, 0.3) is 0 Å². The van der Waals surface area contributed by atoms with Crippen LogP contribution in [-0.4, -0.2) is 83.3 Å². The number of hydrogen-bond donors (Lipinski definition) is 1. The molecule has 1 aliphatic rings. The Morgan fingerprint density at radius 3 is 2.50 bits per heavy atom. The average molecular weight is 363 g/mol. The number of nitrogens with zero attached hydrogens (tertiary/aromatic N) is 3. The van der Waals surface area contributed by atoms with Crippen LogP contribution in [0.15, 0.2) is 4.99 Å². The molecule has 1 saturated heterocycles. The zero-order valence-corrected chi connectivity index (χ0v) is 16.4. The lowest BCUT2D eigenvalue weighted by atomic mass is 9.96. The highest BCUT2D eigenvalue weighted by Crippen LogP contribution is 2.18. The average Bonchev–Trinajstić information content (AvgIpc) is 2.60. The molecule has 0 amide bonds. The minimum Gasteiger partial charge on any atom is -0.381 e. The highest BCUT2D eigenvalue weighted by Gasteiger charge is 2.16. The molecule has 1 heterocycles. The molecule has 24 heavy (non-hydrogen) atoms. The molecule has 0 bridgehead atoms. The van der Waals surface area contributed by atoms with Gasteiger partial charge in [-0.15, -0.1) is 0 Å². The van der Waals surface area contributed by atoms with Crippen LogP contribution in [0.1, 0.15) is 32.6 Å². The zero-order chi connectivity index (χ0) is 18.0. The lowest BCUT2D eigenvalue weighted by molar-refractivity contribution is 0.0625. The molecule has 0 aliphatic carbocycles. The van der Waals surface area contributed by atoms with Gasteiger partial charge in [0.1, 0.15) is 0 Å². The fourth-order valence-electron chi connectivity index (χ4n) is 2.76. The van der Waals surface area contributed by atoms with E-state index in [-0.39, 0.29) is 5.75 Å². The molecule has 0 aromatic heterocycles. The van der Waals surface area contributed by atoms with Crippen molar-refractivity contribution in [2.45, 2.75) is 32.6 Å². The van der Waals surface area contributed by atoms with E-state index in [1.807, 2.05) is 7.05 Å². The SMILES string of the molecule is CCS(=O)(=O)N(C)CCCNC(=NC)N(C)CCC1CCOCC1. The first-order valence-electron chi connectivity index (χ1n) is 8.84. The third-order valence-electron chi connectivity index (χ3n) is 4.56. The molecular weight excluding hydrogens is 328 g/mol. The van der Waals surface area contributed by atoms with Gasteiger partial charge in [-0.25, -0.2) is 12.7 Å². The molecule has 0 aromatic carbocycles. The third kappa shape index (κ3) is 7.36. The molecule has 1 aliphatic heterocycles. The Hall–Kier alpha value is -0.860. The summed E-state index contributed by atoms with van der Waals surface area (Å²) in [6, 6.07) is 0. The second kappa shape index (κ2) is 10.9. The fraction of sp³-hybridized carbons (Fsp3) is 0.938. The van der Waals surface area contributed by atoms with Crippen LogP contribution in [0.3, 0.4) is 0 Å². The van der Waals surface area contributed by atoms with Crippen LogP contribution in [0, 0.1) is 5.92 Å². The predicted molar refractivity (Wildman–Crippen MR) is 98.9 cm³/mol. The van der Waals surface area contributed by atoms with Gasteiger partial charge in [-0.05, 0) is 38.5 Å². The maximum atomic E-state index is 11.7. The lowest BCUT2D eigenvalue weighted by Gasteiger charge is -2.27. The second-order valence-corrected chi connectivity index (χ2v) is 8.68. The van der Waals surface area contributed by atoms with E-state index in [2.05, 4.69) is 15.2 Å². The molecule has 8 heteroatoms. The van der Waals surface area contributed by atoms with E-state index >= 15 is 0 Å². The molecule has 0 spiro atoms. The molecule has 0 aromatic rings. The smallest absolute Gasteiger partial charge is 0.213 e. The van der Waals surface area contributed by atoms with E-state index in [1.54, 1.807) is 21.0 Å². The van der Waals surface area contributed by atoms with Crippen LogP contribution in [0.25, 0.3) is 0 Å². The monoisotopic (exact) mass is 362 g/mol. The number of sulfonamides is 1. The summed E-state index contributed by atoms with van der Waals surface area (Å²) in [4.78, 5) is 6.45. The molecule has 1 rings (SSSR count). The summed E-state index contributed by atoms with van der Waals surface area (Å²) in [6.07, 6.45) is 4.21. The first-order chi connectivity index (χ1) is 11.4. The van der Waals surface area contributed by atoms with E-state index in [0.29, 0.717) is 13.1 Å². The molecule has 0 saturated carbocycles. The Morgan fingerprint density at radius 1 is 1.25 bits per heavy atom. The molecule has 0 atom stereocenters. The normalized spacial score (nSPS) is 17.3. The Morgan fingerprint density at radius 2 is 1.92 bits per heavy atom. The standard InChI is InChI=1S/C16H34N4O3S/c1-5-24(21,22)20(4)11-6-10-18-16(17-2)19(3)12-7-15-8-13-23-14-9-15/h15H,5-14H2,1-4H3,(H,17,18). The number of rotatable bonds is 9. The van der Waals surface area contributed by atoms with E-state index < -0.39 is 10.0 Å². The van der Waals surface area contributed by atoms with Gasteiger partial charge in [-0.3, -0.25) is 4.99 Å². The van der Waals surface area contributed by atoms with Crippen molar-refractivity contribution in [2.75, 3.05) is 59.7 Å². The highest BCUT2D eigenvalue weighted by atomic mass is 32.2. The maximum Gasteiger partial charge on any atom is 0.213 e. The Bertz CT molecular complexity index is 476. The lowest BCUT2D eigenvalue weighted by Crippen LogP contribution is -2.41. The van der Waals surface area contributed by atoms with Crippen molar-refractivity contribution in [3.8, 4) is 0 Å². The summed E-state index contributed by atoms with van der Waals surface area (Å²) in [5, 5.41) is 3.31. The Balaban J connectivity index is 2.26.